The van der Waals surface area contributed by atoms with Crippen LogP contribution in [-0.4, -0.2) is 50.7 Å². The van der Waals surface area contributed by atoms with Crippen LogP contribution in [0.15, 0.2) is 34.2 Å². The number of rotatable bonds is 2. The molecule has 1 aromatic rings. The number of amides is 1. The number of piperidine rings is 1. The molecule has 0 radical (unpaired) electrons. The van der Waals surface area contributed by atoms with Crippen molar-refractivity contribution in [3.8, 4) is 0 Å². The first kappa shape index (κ1) is 19.0. The van der Waals surface area contributed by atoms with Crippen molar-refractivity contribution in [1.82, 2.24) is 9.62 Å². The van der Waals surface area contributed by atoms with Gasteiger partial charge in [0.25, 0.3) is 0 Å². The molecule has 2 aliphatic heterocycles. The van der Waals surface area contributed by atoms with Gasteiger partial charge in [0.05, 0.1) is 17.5 Å². The number of carbonyl (C=O) groups is 1. The quantitative estimate of drug-likeness (QED) is 0.723. The van der Waals surface area contributed by atoms with Gasteiger partial charge >= 0.3 is 6.09 Å². The molecule has 0 aromatic heterocycles. The predicted octanol–water partition coefficient (Wildman–Crippen LogP) is 3.85. The fourth-order valence-corrected chi connectivity index (χ4v) is 4.51. The molecule has 8 heteroatoms. The van der Waals surface area contributed by atoms with Crippen LogP contribution in [0.25, 0.3) is 0 Å². The van der Waals surface area contributed by atoms with Crippen LogP contribution >= 0.6 is 10.8 Å². The number of hydrogen-bond donors (Lipinski definition) is 3. The van der Waals surface area contributed by atoms with Gasteiger partial charge < -0.3 is 9.64 Å². The maximum atomic E-state index is 12.5. The van der Waals surface area contributed by atoms with Crippen molar-refractivity contribution < 1.29 is 18.6 Å². The van der Waals surface area contributed by atoms with E-state index in [0.29, 0.717) is 29.4 Å². The number of carbonyl (C=O) groups excluding carboxylic acids is 1. The number of nitrogens with zero attached hydrogens (tertiary/aromatic N) is 2. The summed E-state index contributed by atoms with van der Waals surface area (Å²) in [4.78, 5) is 19.3. The maximum absolute atomic E-state index is 12.5. The molecule has 0 bridgehead atoms. The Morgan fingerprint density at radius 3 is 2.81 bits per heavy atom. The Kier molecular flexibility index (Phi) is 5.18. The van der Waals surface area contributed by atoms with Gasteiger partial charge in [-0.25, -0.2) is 4.79 Å². The topological polar surface area (TPSA) is 94.4 Å². The minimum absolute atomic E-state index is 0.0533. The average molecular weight is 381 g/mol. The summed E-state index contributed by atoms with van der Waals surface area (Å²) in [5.41, 5.74) is 0.167. The van der Waals surface area contributed by atoms with E-state index in [9.17, 15) is 13.9 Å². The smallest absolute Gasteiger partial charge is 0.410 e. The molecular weight excluding hydrogens is 354 g/mol. The number of ether oxygens (including phenoxy) is 1. The van der Waals surface area contributed by atoms with Gasteiger partial charge in [-0.1, -0.05) is 22.9 Å². The molecule has 26 heavy (non-hydrogen) atoms. The fraction of sp³-hybridized carbons (Fsp3) is 0.556. The van der Waals surface area contributed by atoms with Crippen LogP contribution < -0.4 is 4.72 Å². The van der Waals surface area contributed by atoms with Gasteiger partial charge in [0.1, 0.15) is 11.4 Å². The van der Waals surface area contributed by atoms with Gasteiger partial charge in [-0.3, -0.25) is 18.8 Å². The van der Waals surface area contributed by atoms with Gasteiger partial charge in [-0.2, -0.15) is 0 Å². The number of likely N-dealkylation sites (tertiary alicyclic amines) is 1. The first-order valence-electron chi connectivity index (χ1n) is 8.87. The van der Waals surface area contributed by atoms with Crippen LogP contribution in [0.1, 0.15) is 45.6 Å². The van der Waals surface area contributed by atoms with Crippen LogP contribution in [0.4, 0.5) is 4.79 Å². The minimum atomic E-state index is -3.05. The van der Waals surface area contributed by atoms with E-state index in [4.69, 9.17) is 4.74 Å². The molecule has 0 aliphatic carbocycles. The lowest BCUT2D eigenvalue weighted by atomic mass is 10.0. The van der Waals surface area contributed by atoms with Crippen LogP contribution in [0, 0.1) is 0 Å². The largest absolute Gasteiger partial charge is 0.444 e. The van der Waals surface area contributed by atoms with E-state index in [1.165, 1.54) is 0 Å². The molecule has 7 nitrogen and oxygen atoms in total. The zero-order valence-electron chi connectivity index (χ0n) is 15.4. The summed E-state index contributed by atoms with van der Waals surface area (Å²) >= 11 is 0. The van der Waals surface area contributed by atoms with Crippen molar-refractivity contribution in [2.24, 2.45) is 4.99 Å². The van der Waals surface area contributed by atoms with E-state index in [1.807, 2.05) is 32.9 Å². The third kappa shape index (κ3) is 4.13. The first-order valence-corrected chi connectivity index (χ1v) is 10.4. The van der Waals surface area contributed by atoms with Crippen molar-refractivity contribution in [3.63, 3.8) is 0 Å². The second kappa shape index (κ2) is 7.09. The Hall–Kier alpha value is -1.77. The Morgan fingerprint density at radius 2 is 2.08 bits per heavy atom. The Labute approximate surface area is 155 Å². The fourth-order valence-electron chi connectivity index (χ4n) is 3.22. The second-order valence-corrected chi connectivity index (χ2v) is 9.40. The van der Waals surface area contributed by atoms with E-state index in [-0.39, 0.29) is 12.1 Å². The zero-order valence-corrected chi connectivity index (χ0v) is 16.3. The van der Waals surface area contributed by atoms with Gasteiger partial charge in [0.2, 0.25) is 0 Å². The van der Waals surface area contributed by atoms with E-state index in [0.717, 1.165) is 19.3 Å². The summed E-state index contributed by atoms with van der Waals surface area (Å²) in [6.45, 7) is 6.62. The summed E-state index contributed by atoms with van der Waals surface area (Å²) in [6.07, 6.45) is 2.53. The molecule has 2 aliphatic rings. The highest BCUT2D eigenvalue weighted by Gasteiger charge is 2.33. The van der Waals surface area contributed by atoms with Crippen LogP contribution in [0.3, 0.4) is 0 Å². The van der Waals surface area contributed by atoms with Crippen molar-refractivity contribution in [1.29, 1.82) is 0 Å². The van der Waals surface area contributed by atoms with E-state index < -0.39 is 16.4 Å². The highest BCUT2D eigenvalue weighted by atomic mass is 32.3. The standard InChI is InChI=1S/C18H27N3O4S/c1-18(2,3)25-17(22)21-11-7-6-8-13(21)12-19-16-14-9-4-5-10-15(14)26(23,24)20-16/h4-5,9-10,13,23-24H,6-8,11-12H2,1-3H3,(H,19,20). The number of amidine groups is 1. The molecule has 1 amide bonds. The molecule has 3 N–H and O–H groups in total. The molecule has 1 saturated heterocycles. The number of hydrogen-bond acceptors (Lipinski definition) is 5. The minimum Gasteiger partial charge on any atom is -0.444 e. The van der Waals surface area contributed by atoms with Crippen LogP contribution in [-0.2, 0) is 4.74 Å². The molecule has 1 fully saturated rings. The number of fused-ring (bicyclic) bond motifs is 1. The van der Waals surface area contributed by atoms with Crippen molar-refractivity contribution >= 4 is 22.7 Å². The highest BCUT2D eigenvalue weighted by Crippen LogP contribution is 2.50. The summed E-state index contributed by atoms with van der Waals surface area (Å²) in [7, 11) is -3.05. The Morgan fingerprint density at radius 1 is 1.35 bits per heavy atom. The lowest BCUT2D eigenvalue weighted by Crippen LogP contribution is -2.47. The normalized spacial score (nSPS) is 24.7. The first-order chi connectivity index (χ1) is 12.2. The van der Waals surface area contributed by atoms with Crippen LogP contribution in [0.5, 0.6) is 0 Å². The number of benzene rings is 1. The molecule has 3 rings (SSSR count). The highest BCUT2D eigenvalue weighted by molar-refractivity contribution is 8.23. The van der Waals surface area contributed by atoms with Crippen LogP contribution in [0.2, 0.25) is 0 Å². The lowest BCUT2D eigenvalue weighted by Gasteiger charge is -2.36. The van der Waals surface area contributed by atoms with Gasteiger partial charge in [0.15, 0.2) is 0 Å². The number of aliphatic imine (C=N–C) groups is 1. The average Bonchev–Trinajstić information content (AvgIpc) is 2.83. The van der Waals surface area contributed by atoms with Gasteiger partial charge in [-0.15, -0.1) is 0 Å². The van der Waals surface area contributed by atoms with E-state index in [1.54, 1.807) is 17.0 Å². The van der Waals surface area contributed by atoms with Crippen molar-refractivity contribution in [3.05, 3.63) is 29.8 Å². The third-order valence-electron chi connectivity index (χ3n) is 4.40. The molecule has 1 atom stereocenters. The maximum Gasteiger partial charge on any atom is 0.410 e. The zero-order chi connectivity index (χ0) is 18.9. The van der Waals surface area contributed by atoms with Gasteiger partial charge in [-0.05, 0) is 52.2 Å². The molecule has 0 spiro atoms. The van der Waals surface area contributed by atoms with E-state index >= 15 is 0 Å². The molecule has 0 saturated carbocycles. The molecular formula is C18H27N3O4S. The summed E-state index contributed by atoms with van der Waals surface area (Å²) in [6, 6.07) is 7.05. The Bertz CT molecular complexity index is 715. The van der Waals surface area contributed by atoms with E-state index in [2.05, 4.69) is 9.71 Å². The monoisotopic (exact) mass is 381 g/mol. The lowest BCUT2D eigenvalue weighted by molar-refractivity contribution is 0.0110. The third-order valence-corrected chi connectivity index (χ3v) is 5.85. The van der Waals surface area contributed by atoms with Gasteiger partial charge in [0, 0.05) is 12.1 Å². The van der Waals surface area contributed by atoms with Crippen molar-refractivity contribution in [2.75, 3.05) is 13.1 Å². The SMILES string of the molecule is CC(C)(C)OC(=O)N1CCCCC1CN=C1NS(O)(O)c2ccccc21. The molecule has 144 valence electrons. The summed E-state index contributed by atoms with van der Waals surface area (Å²) < 4.78 is 28.6. The van der Waals surface area contributed by atoms with Crippen molar-refractivity contribution in [2.45, 2.75) is 56.6 Å². The molecule has 1 aromatic carbocycles. The molecule has 1 unspecified atom stereocenters. The second-order valence-electron chi connectivity index (χ2n) is 7.66. The Balaban J connectivity index is 1.75. The predicted molar refractivity (Wildman–Crippen MR) is 103 cm³/mol. The summed E-state index contributed by atoms with van der Waals surface area (Å²) in [5.74, 6) is 0.468. The molecule has 2 heterocycles. The summed E-state index contributed by atoms with van der Waals surface area (Å²) in [5, 5.41) is 0. The number of nitrogens with one attached hydrogen (secondary N) is 1.